The summed E-state index contributed by atoms with van der Waals surface area (Å²) in [7, 11) is 0. The van der Waals surface area contributed by atoms with Gasteiger partial charge in [-0.05, 0) is 36.8 Å². The Morgan fingerprint density at radius 3 is 2.63 bits per heavy atom. The molecule has 2 heterocycles. The van der Waals surface area contributed by atoms with Gasteiger partial charge in [0.25, 0.3) is 0 Å². The van der Waals surface area contributed by atoms with Crippen molar-refractivity contribution in [2.75, 3.05) is 0 Å². The zero-order valence-electron chi connectivity index (χ0n) is 12.0. The molecule has 2 N–H and O–H groups in total. The van der Waals surface area contributed by atoms with Gasteiger partial charge in [0.05, 0.1) is 5.69 Å². The maximum absolute atomic E-state index is 6.36. The van der Waals surface area contributed by atoms with Crippen LogP contribution in [-0.4, -0.2) is 15.8 Å². The number of nitrogens with zero attached hydrogens (tertiary/aromatic N) is 2. The number of thiophene rings is 1. The molecule has 2 unspecified atom stereocenters. The van der Waals surface area contributed by atoms with Gasteiger partial charge >= 0.3 is 0 Å². The Morgan fingerprint density at radius 1 is 1.32 bits per heavy atom. The highest BCUT2D eigenvalue weighted by molar-refractivity contribution is 7.10. The highest BCUT2D eigenvalue weighted by Gasteiger charge is 2.24. The van der Waals surface area contributed by atoms with Gasteiger partial charge in [-0.25, -0.2) is 0 Å². The van der Waals surface area contributed by atoms with E-state index in [1.54, 1.807) is 11.3 Å². The Morgan fingerprint density at radius 2 is 2.11 bits per heavy atom. The summed E-state index contributed by atoms with van der Waals surface area (Å²) < 4.78 is 2.15. The summed E-state index contributed by atoms with van der Waals surface area (Å²) in [6, 6.07) is 6.74. The quantitative estimate of drug-likeness (QED) is 0.879. The van der Waals surface area contributed by atoms with E-state index in [0.717, 1.165) is 25.0 Å². The van der Waals surface area contributed by atoms with E-state index in [2.05, 4.69) is 49.0 Å². The van der Waals surface area contributed by atoms with Crippen LogP contribution in [0.3, 0.4) is 0 Å². The molecule has 0 saturated heterocycles. The van der Waals surface area contributed by atoms with Crippen molar-refractivity contribution in [2.24, 2.45) is 5.73 Å². The molecule has 3 nitrogen and oxygen atoms in total. The van der Waals surface area contributed by atoms with Crippen LogP contribution >= 0.6 is 11.3 Å². The third-order valence-electron chi connectivity index (χ3n) is 3.56. The van der Waals surface area contributed by atoms with Crippen LogP contribution in [0, 0.1) is 0 Å². The average molecular weight is 277 g/mol. The molecule has 0 amide bonds. The van der Waals surface area contributed by atoms with E-state index >= 15 is 0 Å². The van der Waals surface area contributed by atoms with Gasteiger partial charge in [0.2, 0.25) is 0 Å². The largest absolute Gasteiger partial charge is 0.326 e. The van der Waals surface area contributed by atoms with Gasteiger partial charge in [0, 0.05) is 16.6 Å². The van der Waals surface area contributed by atoms with E-state index in [9.17, 15) is 0 Å². The van der Waals surface area contributed by atoms with Crippen molar-refractivity contribution in [3.8, 4) is 0 Å². The fraction of sp³-hybridized carbons (Fsp3) is 0.533. The second kappa shape index (κ2) is 6.35. The third kappa shape index (κ3) is 2.90. The molecule has 0 bridgehead atoms. The van der Waals surface area contributed by atoms with Gasteiger partial charge in [0.1, 0.15) is 6.04 Å². The van der Waals surface area contributed by atoms with Crippen molar-refractivity contribution in [3.05, 3.63) is 39.8 Å². The Balaban J connectivity index is 2.46. The number of aromatic nitrogens is 2. The van der Waals surface area contributed by atoms with Crippen molar-refractivity contribution in [2.45, 2.75) is 52.1 Å². The number of aryl methyl sites for hydroxylation is 2. The monoisotopic (exact) mass is 277 g/mol. The first-order valence-corrected chi connectivity index (χ1v) is 7.95. The summed E-state index contributed by atoms with van der Waals surface area (Å²) in [5.74, 6) is 0. The number of nitrogens with two attached hydrogens (primary N) is 1. The molecule has 0 fully saturated rings. The molecule has 19 heavy (non-hydrogen) atoms. The van der Waals surface area contributed by atoms with Crippen LogP contribution in [0.1, 0.15) is 49.5 Å². The smallest absolute Gasteiger partial charge is 0.101 e. The molecule has 2 aromatic heterocycles. The standard InChI is InChI=1S/C15H23N3S/c1-4-11-10-12(5-2)18(17-11)15(13(16)6-3)14-8-7-9-19-14/h7-10,13,15H,4-6,16H2,1-3H3. The maximum Gasteiger partial charge on any atom is 0.101 e. The summed E-state index contributed by atoms with van der Waals surface area (Å²) in [4.78, 5) is 1.30. The molecule has 0 spiro atoms. The van der Waals surface area contributed by atoms with Gasteiger partial charge in [-0.15, -0.1) is 11.3 Å². The lowest BCUT2D eigenvalue weighted by molar-refractivity contribution is 0.416. The number of hydrogen-bond donors (Lipinski definition) is 1. The molecule has 2 aromatic rings. The normalized spacial score (nSPS) is 14.5. The summed E-state index contributed by atoms with van der Waals surface area (Å²) in [6.45, 7) is 6.46. The van der Waals surface area contributed by atoms with Gasteiger partial charge in [-0.1, -0.05) is 26.8 Å². The molecule has 0 radical (unpaired) electrons. The van der Waals surface area contributed by atoms with Crippen molar-refractivity contribution < 1.29 is 0 Å². The van der Waals surface area contributed by atoms with Crippen LogP contribution in [0.4, 0.5) is 0 Å². The topological polar surface area (TPSA) is 43.8 Å². The first-order chi connectivity index (χ1) is 9.21. The van der Waals surface area contributed by atoms with Gasteiger partial charge in [-0.3, -0.25) is 4.68 Å². The van der Waals surface area contributed by atoms with Gasteiger partial charge < -0.3 is 5.73 Å². The van der Waals surface area contributed by atoms with Crippen LogP contribution < -0.4 is 5.73 Å². The predicted octanol–water partition coefficient (Wildman–Crippen LogP) is 3.40. The summed E-state index contributed by atoms with van der Waals surface area (Å²) in [5, 5.41) is 6.88. The molecular formula is C15H23N3S. The lowest BCUT2D eigenvalue weighted by Crippen LogP contribution is -2.33. The zero-order valence-corrected chi connectivity index (χ0v) is 12.8. The molecule has 104 valence electrons. The minimum Gasteiger partial charge on any atom is -0.326 e. The molecular weight excluding hydrogens is 254 g/mol. The zero-order chi connectivity index (χ0) is 13.8. The van der Waals surface area contributed by atoms with Crippen molar-refractivity contribution in [3.63, 3.8) is 0 Å². The van der Waals surface area contributed by atoms with Crippen molar-refractivity contribution in [1.82, 2.24) is 9.78 Å². The van der Waals surface area contributed by atoms with E-state index < -0.39 is 0 Å². The Hall–Kier alpha value is -1.13. The SMILES string of the molecule is CCc1cc(CC)n(C(c2cccs2)C(N)CC)n1. The average Bonchev–Trinajstić information content (AvgIpc) is 3.08. The molecule has 0 aliphatic rings. The van der Waals surface area contributed by atoms with Crippen LogP contribution in [0.5, 0.6) is 0 Å². The molecule has 2 atom stereocenters. The van der Waals surface area contributed by atoms with Crippen LogP contribution in [0.2, 0.25) is 0 Å². The molecule has 0 saturated carbocycles. The second-order valence-corrected chi connectivity index (χ2v) is 5.79. The van der Waals surface area contributed by atoms with E-state index in [1.807, 2.05) is 0 Å². The molecule has 0 aliphatic heterocycles. The minimum absolute atomic E-state index is 0.105. The minimum atomic E-state index is 0.105. The van der Waals surface area contributed by atoms with Crippen molar-refractivity contribution >= 4 is 11.3 Å². The van der Waals surface area contributed by atoms with E-state index in [1.165, 1.54) is 10.6 Å². The Bertz CT molecular complexity index is 501. The fourth-order valence-corrected chi connectivity index (χ4v) is 3.25. The van der Waals surface area contributed by atoms with Gasteiger partial charge in [-0.2, -0.15) is 5.10 Å². The molecule has 2 rings (SSSR count). The number of hydrogen-bond acceptors (Lipinski definition) is 3. The van der Waals surface area contributed by atoms with E-state index in [4.69, 9.17) is 10.8 Å². The Labute approximate surface area is 119 Å². The molecule has 0 aliphatic carbocycles. The summed E-state index contributed by atoms with van der Waals surface area (Å²) >= 11 is 1.76. The second-order valence-electron chi connectivity index (χ2n) is 4.81. The molecule has 0 aromatic carbocycles. The number of rotatable bonds is 6. The van der Waals surface area contributed by atoms with Crippen LogP contribution in [-0.2, 0) is 12.8 Å². The molecule has 4 heteroatoms. The lowest BCUT2D eigenvalue weighted by Gasteiger charge is -2.24. The highest BCUT2D eigenvalue weighted by atomic mass is 32.1. The van der Waals surface area contributed by atoms with E-state index in [-0.39, 0.29) is 12.1 Å². The van der Waals surface area contributed by atoms with Gasteiger partial charge in [0.15, 0.2) is 0 Å². The van der Waals surface area contributed by atoms with Crippen molar-refractivity contribution in [1.29, 1.82) is 0 Å². The van der Waals surface area contributed by atoms with Crippen LogP contribution in [0.15, 0.2) is 23.6 Å². The maximum atomic E-state index is 6.36. The van der Waals surface area contributed by atoms with Crippen LogP contribution in [0.25, 0.3) is 0 Å². The van der Waals surface area contributed by atoms with E-state index in [0.29, 0.717) is 0 Å². The third-order valence-corrected chi connectivity index (χ3v) is 4.51. The first-order valence-electron chi connectivity index (χ1n) is 7.07. The Kier molecular flexibility index (Phi) is 4.77. The lowest BCUT2D eigenvalue weighted by atomic mass is 10.0. The highest BCUT2D eigenvalue weighted by Crippen LogP contribution is 2.28. The first kappa shape index (κ1) is 14.3. The fourth-order valence-electron chi connectivity index (χ4n) is 2.36. The summed E-state index contributed by atoms with van der Waals surface area (Å²) in [5.41, 5.74) is 8.79. The predicted molar refractivity (Wildman–Crippen MR) is 81.7 cm³/mol. The summed E-state index contributed by atoms with van der Waals surface area (Å²) in [6.07, 6.45) is 2.91.